The molecule has 0 saturated carbocycles. The van der Waals surface area contributed by atoms with Gasteiger partial charge in [-0.25, -0.2) is 4.21 Å². The number of pyridine rings is 1. The monoisotopic (exact) mass is 542 g/mol. The minimum atomic E-state index is -4.47. The summed E-state index contributed by atoms with van der Waals surface area (Å²) in [5.74, 6) is -1.03. The van der Waals surface area contributed by atoms with Gasteiger partial charge in [0.25, 0.3) is 5.91 Å². The minimum absolute atomic E-state index is 0.0961. The van der Waals surface area contributed by atoms with E-state index in [9.17, 15) is 27.3 Å². The molecule has 0 aliphatic carbocycles. The smallest absolute Gasteiger partial charge is 0.395 e. The number of alkyl halides is 3. The highest BCUT2D eigenvalue weighted by atomic mass is 32.2. The predicted octanol–water partition coefficient (Wildman–Crippen LogP) is 4.13. The second kappa shape index (κ2) is 9.65. The zero-order valence-electron chi connectivity index (χ0n) is 20.0. The Labute approximate surface area is 214 Å². The van der Waals surface area contributed by atoms with Crippen LogP contribution in [0.1, 0.15) is 21.6 Å². The third kappa shape index (κ3) is 4.89. The standard InChI is InChI=1S/C25H21F3N6O3S/c1-33-30-22-20-14-16(24(36)32-38(37,13-12-35)15-18-4-2-3-11-29-18)5-10-21(20)34(23(22)31-33)19-8-6-17(7-9-19)25(26,27)28/h2-11,14,35H,12-13,15H2,1H3/t38-/m1/s1. The molecule has 5 rings (SSSR count). The van der Waals surface area contributed by atoms with Gasteiger partial charge in [0.15, 0.2) is 5.65 Å². The van der Waals surface area contributed by atoms with E-state index in [0.29, 0.717) is 33.4 Å². The Morgan fingerprint density at radius 2 is 1.84 bits per heavy atom. The molecule has 1 amide bonds. The summed E-state index contributed by atoms with van der Waals surface area (Å²) in [4.78, 5) is 18.6. The number of halogens is 3. The number of nitrogens with zero attached hydrogens (tertiary/aromatic N) is 6. The normalized spacial score (nSPS) is 13.6. The molecular weight excluding hydrogens is 521 g/mol. The topological polar surface area (TPSA) is 115 Å². The van der Waals surface area contributed by atoms with Crippen LogP contribution in [0.4, 0.5) is 13.2 Å². The number of aromatic nitrogens is 5. The van der Waals surface area contributed by atoms with Crippen LogP contribution in [-0.4, -0.2) is 52.1 Å². The molecule has 1 N–H and O–H groups in total. The van der Waals surface area contributed by atoms with Gasteiger partial charge in [0.05, 0.1) is 44.6 Å². The number of amides is 1. The zero-order valence-corrected chi connectivity index (χ0v) is 20.8. The summed E-state index contributed by atoms with van der Waals surface area (Å²) in [5.41, 5.74) is 1.67. The molecule has 3 aromatic heterocycles. The van der Waals surface area contributed by atoms with Gasteiger partial charge >= 0.3 is 6.18 Å². The van der Waals surface area contributed by atoms with E-state index in [2.05, 4.69) is 19.5 Å². The van der Waals surface area contributed by atoms with Gasteiger partial charge in [-0.3, -0.25) is 14.3 Å². The van der Waals surface area contributed by atoms with E-state index >= 15 is 0 Å². The van der Waals surface area contributed by atoms with Gasteiger partial charge in [0.1, 0.15) is 5.52 Å². The van der Waals surface area contributed by atoms with Crippen LogP contribution < -0.4 is 0 Å². The van der Waals surface area contributed by atoms with Crippen LogP contribution >= 0.6 is 0 Å². The molecule has 13 heteroatoms. The van der Waals surface area contributed by atoms with Crippen molar-refractivity contribution in [3.8, 4) is 5.69 Å². The first-order chi connectivity index (χ1) is 18.1. The third-order valence-corrected chi connectivity index (χ3v) is 7.93. The van der Waals surface area contributed by atoms with E-state index in [1.807, 2.05) is 0 Å². The second-order valence-corrected chi connectivity index (χ2v) is 11.0. The Morgan fingerprint density at radius 1 is 1.08 bits per heavy atom. The number of hydrogen-bond donors (Lipinski definition) is 1. The van der Waals surface area contributed by atoms with Crippen LogP contribution in [0, 0.1) is 0 Å². The summed E-state index contributed by atoms with van der Waals surface area (Å²) in [6.45, 7) is -0.419. The Kier molecular flexibility index (Phi) is 6.49. The molecule has 0 radical (unpaired) electrons. The number of rotatable bonds is 6. The van der Waals surface area contributed by atoms with Crippen LogP contribution in [0.2, 0.25) is 0 Å². The Hall–Kier alpha value is -4.10. The highest BCUT2D eigenvalue weighted by Gasteiger charge is 2.30. The van der Waals surface area contributed by atoms with Crippen molar-refractivity contribution in [1.29, 1.82) is 0 Å². The van der Waals surface area contributed by atoms with Crippen LogP contribution in [0.5, 0.6) is 0 Å². The van der Waals surface area contributed by atoms with E-state index in [1.165, 1.54) is 29.2 Å². The first-order valence-electron chi connectivity index (χ1n) is 11.4. The third-order valence-electron chi connectivity index (χ3n) is 5.86. The summed E-state index contributed by atoms with van der Waals surface area (Å²) >= 11 is 0. The molecule has 0 aliphatic rings. The van der Waals surface area contributed by atoms with Crippen molar-refractivity contribution >= 4 is 37.7 Å². The van der Waals surface area contributed by atoms with Gasteiger partial charge in [-0.2, -0.15) is 27.4 Å². The number of aliphatic hydroxyl groups is 1. The molecular formula is C25H21F3N6O3S. The molecule has 0 bridgehead atoms. The van der Waals surface area contributed by atoms with Crippen LogP contribution in [-0.2, 0) is 28.7 Å². The molecule has 0 unspecified atom stereocenters. The summed E-state index contributed by atoms with van der Waals surface area (Å²) < 4.78 is 58.3. The lowest BCUT2D eigenvalue weighted by Crippen LogP contribution is -2.15. The van der Waals surface area contributed by atoms with Gasteiger partial charge in [-0.15, -0.1) is 5.10 Å². The molecule has 1 atom stereocenters. The maximum absolute atomic E-state index is 13.4. The average Bonchev–Trinajstić information content (AvgIpc) is 3.38. The van der Waals surface area contributed by atoms with Crippen molar-refractivity contribution in [2.24, 2.45) is 11.4 Å². The van der Waals surface area contributed by atoms with Crippen molar-refractivity contribution in [3.05, 3.63) is 83.7 Å². The molecule has 0 saturated heterocycles. The lowest BCUT2D eigenvalue weighted by Gasteiger charge is -2.10. The van der Waals surface area contributed by atoms with Gasteiger partial charge in [0.2, 0.25) is 0 Å². The molecule has 0 spiro atoms. The van der Waals surface area contributed by atoms with Crippen molar-refractivity contribution in [1.82, 2.24) is 24.5 Å². The number of aliphatic hydroxyl groups excluding tert-OH is 1. The maximum Gasteiger partial charge on any atom is 0.416 e. The number of aryl methyl sites for hydroxylation is 1. The van der Waals surface area contributed by atoms with Crippen LogP contribution in [0.15, 0.2) is 71.2 Å². The molecule has 5 aromatic rings. The highest BCUT2D eigenvalue weighted by Crippen LogP contribution is 2.33. The molecule has 0 aliphatic heterocycles. The van der Waals surface area contributed by atoms with Crippen molar-refractivity contribution in [3.63, 3.8) is 0 Å². The SMILES string of the molecule is Cn1nc2c3cc(C(=O)N=[S@@](=O)(CCO)Cc4ccccn4)ccc3n(-c3ccc(C(F)(F)F)cc3)c2n1. The molecule has 196 valence electrons. The van der Waals surface area contributed by atoms with E-state index in [1.54, 1.807) is 41.9 Å². The predicted molar refractivity (Wildman–Crippen MR) is 135 cm³/mol. The second-order valence-electron chi connectivity index (χ2n) is 8.54. The fourth-order valence-electron chi connectivity index (χ4n) is 4.16. The van der Waals surface area contributed by atoms with Gasteiger partial charge in [-0.1, -0.05) is 6.07 Å². The number of benzene rings is 2. The van der Waals surface area contributed by atoms with E-state index in [-0.39, 0.29) is 17.1 Å². The first kappa shape index (κ1) is 25.5. The summed E-state index contributed by atoms with van der Waals surface area (Å²) in [6.07, 6.45) is -2.93. The number of fused-ring (bicyclic) bond motifs is 3. The lowest BCUT2D eigenvalue weighted by molar-refractivity contribution is -0.137. The maximum atomic E-state index is 13.4. The van der Waals surface area contributed by atoms with Crippen molar-refractivity contribution in [2.45, 2.75) is 11.9 Å². The first-order valence-corrected chi connectivity index (χ1v) is 13.2. The van der Waals surface area contributed by atoms with Crippen molar-refractivity contribution in [2.75, 3.05) is 12.4 Å². The lowest BCUT2D eigenvalue weighted by atomic mass is 10.1. The van der Waals surface area contributed by atoms with Gasteiger partial charge in [-0.05, 0) is 54.6 Å². The van der Waals surface area contributed by atoms with E-state index < -0.39 is 34.0 Å². The molecule has 3 heterocycles. The quantitative estimate of drug-likeness (QED) is 0.345. The van der Waals surface area contributed by atoms with Crippen LogP contribution in [0.3, 0.4) is 0 Å². The largest absolute Gasteiger partial charge is 0.416 e. The summed E-state index contributed by atoms with van der Waals surface area (Å²) in [6, 6.07) is 14.4. The minimum Gasteiger partial charge on any atom is -0.395 e. The zero-order chi connectivity index (χ0) is 27.1. The fourth-order valence-corrected chi connectivity index (χ4v) is 5.79. The summed E-state index contributed by atoms with van der Waals surface area (Å²) in [5, 5.41) is 18.7. The Balaban J connectivity index is 1.59. The molecule has 2 aromatic carbocycles. The Morgan fingerprint density at radius 3 is 2.50 bits per heavy atom. The highest BCUT2D eigenvalue weighted by molar-refractivity contribution is 7.93. The van der Waals surface area contributed by atoms with Gasteiger partial charge < -0.3 is 5.11 Å². The number of hydrogen-bond acceptors (Lipinski definition) is 6. The van der Waals surface area contributed by atoms with E-state index in [0.717, 1.165) is 12.1 Å². The molecule has 38 heavy (non-hydrogen) atoms. The fraction of sp³-hybridized carbons (Fsp3) is 0.200. The van der Waals surface area contributed by atoms with E-state index in [4.69, 9.17) is 0 Å². The van der Waals surface area contributed by atoms with Crippen LogP contribution in [0.25, 0.3) is 27.8 Å². The number of carbonyl (C=O) groups is 1. The Bertz CT molecular complexity index is 1770. The molecule has 0 fully saturated rings. The summed E-state index contributed by atoms with van der Waals surface area (Å²) in [7, 11) is -1.55. The molecule has 9 nitrogen and oxygen atoms in total. The van der Waals surface area contributed by atoms with Crippen molar-refractivity contribution < 1.29 is 27.3 Å². The van der Waals surface area contributed by atoms with Gasteiger partial charge in [0, 0.05) is 29.9 Å². The average molecular weight is 543 g/mol. The number of carbonyl (C=O) groups excluding carboxylic acids is 1.